The van der Waals surface area contributed by atoms with Gasteiger partial charge in [-0.1, -0.05) is 68.4 Å². The van der Waals surface area contributed by atoms with E-state index >= 15 is 0 Å². The Morgan fingerprint density at radius 2 is 1.67 bits per heavy atom. The number of carbonyl (C=O) groups is 3. The summed E-state index contributed by atoms with van der Waals surface area (Å²) in [4.78, 5) is 34.6. The summed E-state index contributed by atoms with van der Waals surface area (Å²) in [5.41, 5.74) is -0.391. The summed E-state index contributed by atoms with van der Waals surface area (Å²) in [7, 11) is 0. The monoisotopic (exact) mass is 438 g/mol. The van der Waals surface area contributed by atoms with Crippen molar-refractivity contribution in [3.8, 4) is 5.75 Å². The van der Waals surface area contributed by atoms with Crippen LogP contribution in [0.25, 0.3) is 0 Å². The van der Waals surface area contributed by atoms with E-state index in [4.69, 9.17) is 44.6 Å². The van der Waals surface area contributed by atoms with Crippen LogP contribution in [0.3, 0.4) is 0 Å². The number of halogens is 3. The summed E-state index contributed by atoms with van der Waals surface area (Å²) in [6, 6.07) is 1.14. The third kappa shape index (κ3) is 6.87. The van der Waals surface area contributed by atoms with Crippen LogP contribution in [0.4, 0.5) is 0 Å². The molecule has 6 nitrogen and oxygen atoms in total. The molecule has 1 N–H and O–H groups in total. The second-order valence-electron chi connectivity index (χ2n) is 6.35. The molecule has 0 radical (unpaired) electrons. The molecule has 0 aromatic heterocycles. The third-order valence-electron chi connectivity index (χ3n) is 4.05. The third-order valence-corrected chi connectivity index (χ3v) is 5.12. The first-order valence-corrected chi connectivity index (χ1v) is 9.51. The van der Waals surface area contributed by atoms with Gasteiger partial charge in [0, 0.05) is 0 Å². The van der Waals surface area contributed by atoms with Crippen molar-refractivity contribution in [2.24, 2.45) is 11.8 Å². The van der Waals surface area contributed by atoms with E-state index in [1.165, 1.54) is 0 Å². The number of rotatable bonds is 8. The first kappa shape index (κ1) is 23.5. The average molecular weight is 440 g/mol. The molecule has 0 heterocycles. The fourth-order valence-electron chi connectivity index (χ4n) is 2.14. The fourth-order valence-corrected chi connectivity index (χ4v) is 2.86. The Bertz CT molecular complexity index is 720. The molecule has 9 heteroatoms. The van der Waals surface area contributed by atoms with Crippen LogP contribution in [-0.4, -0.2) is 29.6 Å². The predicted molar refractivity (Wildman–Crippen MR) is 103 cm³/mol. The number of carboxylic acids is 1. The molecule has 0 aliphatic heterocycles. The fraction of sp³-hybridized carbons (Fsp3) is 0.500. The summed E-state index contributed by atoms with van der Waals surface area (Å²) in [5, 5.41) is 8.15. The average Bonchev–Trinajstić information content (AvgIpc) is 2.61. The van der Waals surface area contributed by atoms with Crippen molar-refractivity contribution < 1.29 is 29.0 Å². The van der Waals surface area contributed by atoms with Gasteiger partial charge in [-0.05, 0) is 24.3 Å². The zero-order valence-electron chi connectivity index (χ0n) is 15.2. The number of aliphatic carboxylic acids is 1. The van der Waals surface area contributed by atoms with E-state index in [1.807, 2.05) is 6.92 Å². The molecule has 0 saturated carbocycles. The second kappa shape index (κ2) is 10.7. The number of hydrogen-bond acceptors (Lipinski definition) is 5. The van der Waals surface area contributed by atoms with E-state index in [9.17, 15) is 14.4 Å². The molecule has 2 unspecified atom stereocenters. The molecule has 0 aliphatic rings. The van der Waals surface area contributed by atoms with Crippen LogP contribution in [0.15, 0.2) is 6.07 Å². The maximum atomic E-state index is 12.5. The maximum absolute atomic E-state index is 12.5. The van der Waals surface area contributed by atoms with Gasteiger partial charge in [0.1, 0.15) is 5.56 Å². The van der Waals surface area contributed by atoms with Crippen LogP contribution in [0.2, 0.25) is 15.1 Å². The first-order chi connectivity index (χ1) is 12.6. The molecule has 0 amide bonds. The Morgan fingerprint density at radius 1 is 1.07 bits per heavy atom. The molecule has 1 rings (SSSR count). The lowest BCUT2D eigenvalue weighted by atomic mass is 9.97. The quantitative estimate of drug-likeness (QED) is 0.257. The topological polar surface area (TPSA) is 89.9 Å². The van der Waals surface area contributed by atoms with E-state index in [0.717, 1.165) is 25.3 Å². The molecule has 27 heavy (non-hydrogen) atoms. The van der Waals surface area contributed by atoms with E-state index in [1.54, 1.807) is 0 Å². The molecular formula is C18H21Cl3O6. The Labute approximate surface area is 172 Å². The van der Waals surface area contributed by atoms with Gasteiger partial charge in [0.25, 0.3) is 0 Å². The highest BCUT2D eigenvalue weighted by atomic mass is 35.5. The Kier molecular flexibility index (Phi) is 9.36. The van der Waals surface area contributed by atoms with Crippen molar-refractivity contribution in [2.45, 2.75) is 40.0 Å². The smallest absolute Gasteiger partial charge is 0.422 e. The molecule has 0 spiro atoms. The lowest BCUT2D eigenvalue weighted by Crippen LogP contribution is -2.22. The van der Waals surface area contributed by atoms with Gasteiger partial charge in [-0.2, -0.15) is 0 Å². The number of carbonyl (C=O) groups excluding carboxylic acids is 2. The molecule has 0 bridgehead atoms. The van der Waals surface area contributed by atoms with Gasteiger partial charge in [0.2, 0.25) is 0 Å². The van der Waals surface area contributed by atoms with E-state index in [-0.39, 0.29) is 27.6 Å². The van der Waals surface area contributed by atoms with Crippen LogP contribution in [0.5, 0.6) is 5.75 Å². The molecule has 0 fully saturated rings. The number of ether oxygens (including phenoxy) is 2. The van der Waals surface area contributed by atoms with Crippen LogP contribution in [-0.2, 0) is 14.3 Å². The van der Waals surface area contributed by atoms with Crippen molar-refractivity contribution in [1.82, 2.24) is 0 Å². The summed E-state index contributed by atoms with van der Waals surface area (Å²) in [6.07, 6.45) is 2.94. The molecule has 2 atom stereocenters. The second-order valence-corrected chi connectivity index (χ2v) is 7.54. The number of esters is 2. The molecule has 0 saturated heterocycles. The highest BCUT2D eigenvalue weighted by Crippen LogP contribution is 2.40. The zero-order chi connectivity index (χ0) is 20.7. The molecule has 1 aromatic carbocycles. The Morgan fingerprint density at radius 3 is 2.22 bits per heavy atom. The number of benzene rings is 1. The lowest BCUT2D eigenvalue weighted by Gasteiger charge is -2.16. The van der Waals surface area contributed by atoms with Gasteiger partial charge in [0.15, 0.2) is 5.75 Å². The minimum Gasteiger partial charge on any atom is -0.473 e. The standard InChI is InChI=1S/C18H21Cl3O6/c1-4-9(2)5-6-10(3)8-26-17(24)13-14(21)11(19)7-12(20)15(13)27-18(25)16(22)23/h7,9-10H,4-6,8H2,1-3H3,(H,22,23). The number of hydrogen-bond donors (Lipinski definition) is 1. The SMILES string of the molecule is CCC(C)CCC(C)COC(=O)c1c(Cl)c(Cl)cc(Cl)c1OC(=O)C(=O)O. The van der Waals surface area contributed by atoms with Crippen LogP contribution in [0, 0.1) is 11.8 Å². The zero-order valence-corrected chi connectivity index (χ0v) is 17.5. The van der Waals surface area contributed by atoms with E-state index in [0.29, 0.717) is 5.92 Å². The minimum atomic E-state index is -1.85. The molecule has 1 aromatic rings. The molecule has 0 aliphatic carbocycles. The maximum Gasteiger partial charge on any atom is 0.422 e. The van der Waals surface area contributed by atoms with Crippen molar-refractivity contribution in [3.05, 3.63) is 26.7 Å². The Balaban J connectivity index is 2.97. The van der Waals surface area contributed by atoms with Crippen LogP contribution >= 0.6 is 34.8 Å². The van der Waals surface area contributed by atoms with Crippen molar-refractivity contribution >= 4 is 52.7 Å². The highest BCUT2D eigenvalue weighted by Gasteiger charge is 2.28. The van der Waals surface area contributed by atoms with Crippen molar-refractivity contribution in [1.29, 1.82) is 0 Å². The van der Waals surface area contributed by atoms with Gasteiger partial charge in [-0.3, -0.25) is 0 Å². The minimum absolute atomic E-state index is 0.0615. The summed E-state index contributed by atoms with van der Waals surface area (Å²) < 4.78 is 9.93. The molecular weight excluding hydrogens is 419 g/mol. The summed E-state index contributed by atoms with van der Waals surface area (Å²) >= 11 is 17.9. The molecule has 150 valence electrons. The predicted octanol–water partition coefficient (Wildman–Crippen LogP) is 5.26. The van der Waals surface area contributed by atoms with Gasteiger partial charge in [-0.15, -0.1) is 0 Å². The van der Waals surface area contributed by atoms with Crippen LogP contribution in [0.1, 0.15) is 50.4 Å². The summed E-state index contributed by atoms with van der Waals surface area (Å²) in [6.45, 7) is 6.31. The van der Waals surface area contributed by atoms with Crippen LogP contribution < -0.4 is 4.74 Å². The van der Waals surface area contributed by atoms with E-state index in [2.05, 4.69) is 18.6 Å². The highest BCUT2D eigenvalue weighted by molar-refractivity contribution is 6.46. The normalized spacial score (nSPS) is 13.0. The lowest BCUT2D eigenvalue weighted by molar-refractivity contribution is -0.158. The van der Waals surface area contributed by atoms with Crippen molar-refractivity contribution in [3.63, 3.8) is 0 Å². The van der Waals surface area contributed by atoms with Gasteiger partial charge >= 0.3 is 17.9 Å². The number of carboxylic acid groups (broad SMARTS) is 1. The Hall–Kier alpha value is -1.50. The first-order valence-electron chi connectivity index (χ1n) is 8.38. The van der Waals surface area contributed by atoms with Crippen molar-refractivity contribution in [2.75, 3.05) is 6.61 Å². The van der Waals surface area contributed by atoms with E-state index < -0.39 is 29.2 Å². The summed E-state index contributed by atoms with van der Waals surface area (Å²) in [5.74, 6) is -4.21. The van der Waals surface area contributed by atoms with Gasteiger partial charge in [0.05, 0.1) is 21.7 Å². The largest absolute Gasteiger partial charge is 0.473 e. The van der Waals surface area contributed by atoms with Gasteiger partial charge < -0.3 is 14.6 Å². The van der Waals surface area contributed by atoms with Gasteiger partial charge in [-0.25, -0.2) is 14.4 Å².